The molecule has 0 atom stereocenters. The summed E-state index contributed by atoms with van der Waals surface area (Å²) < 4.78 is 37.3. The molecule has 106 valence electrons. The van der Waals surface area contributed by atoms with Crippen LogP contribution in [0.4, 0.5) is 18.9 Å². The number of benzene rings is 2. The van der Waals surface area contributed by atoms with Crippen molar-refractivity contribution in [2.24, 2.45) is 0 Å². The number of nitrogens with one attached hydrogen (secondary N) is 2. The van der Waals surface area contributed by atoms with E-state index in [1.165, 1.54) is 6.07 Å². The Hall–Kier alpha value is -1.66. The van der Waals surface area contributed by atoms with Gasteiger partial charge in [-0.05, 0) is 35.5 Å². The number of hydrogen-bond acceptors (Lipinski definition) is 3. The van der Waals surface area contributed by atoms with Crippen LogP contribution >= 0.6 is 11.8 Å². The van der Waals surface area contributed by atoms with Gasteiger partial charge in [-0.1, -0.05) is 36.4 Å². The van der Waals surface area contributed by atoms with Crippen LogP contribution in [0.3, 0.4) is 0 Å². The largest absolute Gasteiger partial charge is 0.446 e. The van der Waals surface area contributed by atoms with Gasteiger partial charge < -0.3 is 5.43 Å². The smallest absolute Gasteiger partial charge is 0.321 e. The lowest BCUT2D eigenvalue weighted by molar-refractivity contribution is -0.0328. The fraction of sp³-hybridized carbons (Fsp3) is 0.143. The van der Waals surface area contributed by atoms with Crippen LogP contribution in [0.1, 0.15) is 5.56 Å². The summed E-state index contributed by atoms with van der Waals surface area (Å²) in [5, 5.41) is 0. The zero-order valence-corrected chi connectivity index (χ0v) is 11.3. The molecule has 0 fully saturated rings. The van der Waals surface area contributed by atoms with Crippen molar-refractivity contribution in [3.8, 4) is 0 Å². The molecule has 2 aromatic carbocycles. The first kappa shape index (κ1) is 14.7. The van der Waals surface area contributed by atoms with Crippen LogP contribution in [0, 0.1) is 0 Å². The molecule has 0 aliphatic heterocycles. The van der Waals surface area contributed by atoms with Crippen molar-refractivity contribution >= 4 is 17.4 Å². The maximum Gasteiger partial charge on any atom is 0.446 e. The van der Waals surface area contributed by atoms with Gasteiger partial charge in [0.2, 0.25) is 0 Å². The summed E-state index contributed by atoms with van der Waals surface area (Å²) in [6.07, 6.45) is 0. The molecular weight excluding hydrogens is 285 g/mol. The molecule has 0 saturated heterocycles. The van der Waals surface area contributed by atoms with Gasteiger partial charge in [0.15, 0.2) is 0 Å². The van der Waals surface area contributed by atoms with Crippen molar-refractivity contribution in [1.29, 1.82) is 0 Å². The number of anilines is 1. The number of halogens is 3. The first-order valence-electron chi connectivity index (χ1n) is 5.92. The lowest BCUT2D eigenvalue weighted by Crippen LogP contribution is -2.21. The third-order valence-corrected chi connectivity index (χ3v) is 3.33. The summed E-state index contributed by atoms with van der Waals surface area (Å²) in [6, 6.07) is 15.8. The highest BCUT2D eigenvalue weighted by molar-refractivity contribution is 8.00. The maximum atomic E-state index is 12.4. The van der Waals surface area contributed by atoms with Crippen LogP contribution in [0.15, 0.2) is 59.5 Å². The molecule has 2 aromatic rings. The highest BCUT2D eigenvalue weighted by Gasteiger charge is 2.30. The third-order valence-electron chi connectivity index (χ3n) is 2.48. The maximum absolute atomic E-state index is 12.4. The number of hydrazine groups is 1. The fourth-order valence-electron chi connectivity index (χ4n) is 1.64. The van der Waals surface area contributed by atoms with Gasteiger partial charge in [0.05, 0.1) is 0 Å². The summed E-state index contributed by atoms with van der Waals surface area (Å²) >= 11 is -0.0942. The van der Waals surface area contributed by atoms with Crippen molar-refractivity contribution in [2.75, 3.05) is 5.43 Å². The van der Waals surface area contributed by atoms with Gasteiger partial charge in [0.25, 0.3) is 0 Å². The Morgan fingerprint density at radius 3 is 2.25 bits per heavy atom. The van der Waals surface area contributed by atoms with Gasteiger partial charge >= 0.3 is 5.51 Å². The van der Waals surface area contributed by atoms with Crippen LogP contribution in [0.5, 0.6) is 0 Å². The van der Waals surface area contributed by atoms with Gasteiger partial charge in [0, 0.05) is 17.1 Å². The van der Waals surface area contributed by atoms with Crippen LogP contribution < -0.4 is 10.9 Å². The number of hydrogen-bond donors (Lipinski definition) is 2. The van der Waals surface area contributed by atoms with E-state index in [0.29, 0.717) is 12.1 Å². The summed E-state index contributed by atoms with van der Waals surface area (Å²) in [5.41, 5.74) is 3.03. The van der Waals surface area contributed by atoms with Gasteiger partial charge in [0.1, 0.15) is 0 Å². The van der Waals surface area contributed by atoms with Crippen LogP contribution in [0.25, 0.3) is 0 Å². The normalized spacial score (nSPS) is 11.3. The summed E-state index contributed by atoms with van der Waals surface area (Å²) in [4.78, 5) is 0.211. The van der Waals surface area contributed by atoms with Crippen molar-refractivity contribution in [1.82, 2.24) is 5.43 Å². The second-order valence-corrected chi connectivity index (χ2v) is 5.11. The van der Waals surface area contributed by atoms with E-state index in [0.717, 1.165) is 5.69 Å². The Balaban J connectivity index is 1.96. The molecule has 20 heavy (non-hydrogen) atoms. The van der Waals surface area contributed by atoms with Crippen molar-refractivity contribution < 1.29 is 13.2 Å². The van der Waals surface area contributed by atoms with E-state index >= 15 is 0 Å². The molecule has 2 rings (SSSR count). The van der Waals surface area contributed by atoms with Crippen molar-refractivity contribution in [3.63, 3.8) is 0 Å². The Kier molecular flexibility index (Phi) is 4.92. The molecule has 2 nitrogen and oxygen atoms in total. The zero-order chi connectivity index (χ0) is 14.4. The molecule has 0 amide bonds. The fourth-order valence-corrected chi connectivity index (χ4v) is 2.30. The Morgan fingerprint density at radius 1 is 0.900 bits per heavy atom. The van der Waals surface area contributed by atoms with Crippen LogP contribution in [0.2, 0.25) is 0 Å². The van der Waals surface area contributed by atoms with E-state index in [9.17, 15) is 13.2 Å². The number of rotatable bonds is 5. The summed E-state index contributed by atoms with van der Waals surface area (Å²) in [7, 11) is 0. The SMILES string of the molecule is FC(F)(F)Sc1ccccc1CNNc1ccccc1. The molecule has 2 N–H and O–H groups in total. The van der Waals surface area contributed by atoms with E-state index in [2.05, 4.69) is 10.9 Å². The molecule has 0 unspecified atom stereocenters. The quantitative estimate of drug-likeness (QED) is 0.631. The van der Waals surface area contributed by atoms with Gasteiger partial charge in [-0.15, -0.1) is 0 Å². The monoisotopic (exact) mass is 298 g/mol. The standard InChI is InChI=1S/C14H13F3N2S/c15-14(16,17)20-13-9-5-4-6-11(13)10-18-19-12-7-2-1-3-8-12/h1-9,18-19H,10H2. The minimum Gasteiger partial charge on any atom is -0.321 e. The number of alkyl halides is 3. The molecule has 0 heterocycles. The predicted octanol–water partition coefficient (Wildman–Crippen LogP) is 4.42. The minimum absolute atomic E-state index is 0.0942. The second-order valence-electron chi connectivity index (χ2n) is 4.00. The molecule has 0 aromatic heterocycles. The highest BCUT2D eigenvalue weighted by atomic mass is 32.2. The number of thioether (sulfide) groups is 1. The molecule has 0 spiro atoms. The molecule has 6 heteroatoms. The van der Waals surface area contributed by atoms with Gasteiger partial charge in [-0.25, -0.2) is 5.43 Å². The second kappa shape index (κ2) is 6.67. The highest BCUT2D eigenvalue weighted by Crippen LogP contribution is 2.38. The average molecular weight is 298 g/mol. The Bertz CT molecular complexity index is 544. The van der Waals surface area contributed by atoms with E-state index in [4.69, 9.17) is 0 Å². The minimum atomic E-state index is -4.27. The lowest BCUT2D eigenvalue weighted by atomic mass is 10.2. The van der Waals surface area contributed by atoms with Crippen LogP contribution in [-0.2, 0) is 6.54 Å². The van der Waals surface area contributed by atoms with Crippen LogP contribution in [-0.4, -0.2) is 5.51 Å². The first-order valence-corrected chi connectivity index (χ1v) is 6.74. The third kappa shape index (κ3) is 4.79. The molecule has 0 aliphatic rings. The molecule has 0 saturated carbocycles. The zero-order valence-electron chi connectivity index (χ0n) is 10.4. The topological polar surface area (TPSA) is 24.1 Å². The summed E-state index contributed by atoms with van der Waals surface area (Å²) in [6.45, 7) is 0.300. The lowest BCUT2D eigenvalue weighted by Gasteiger charge is -2.13. The Morgan fingerprint density at radius 2 is 1.55 bits per heavy atom. The van der Waals surface area contributed by atoms with Gasteiger partial charge in [-0.2, -0.15) is 13.2 Å². The predicted molar refractivity (Wildman–Crippen MR) is 75.3 cm³/mol. The van der Waals surface area contributed by atoms with Crippen molar-refractivity contribution in [3.05, 3.63) is 60.2 Å². The number of para-hydroxylation sites is 1. The molecule has 0 bridgehead atoms. The molecule has 0 radical (unpaired) electrons. The average Bonchev–Trinajstić information content (AvgIpc) is 2.40. The summed E-state index contributed by atoms with van der Waals surface area (Å²) in [5.74, 6) is 0. The van der Waals surface area contributed by atoms with Crippen molar-refractivity contribution in [2.45, 2.75) is 16.9 Å². The Labute approximate surface area is 119 Å². The van der Waals surface area contributed by atoms with Gasteiger partial charge in [-0.3, -0.25) is 0 Å². The first-order chi connectivity index (χ1) is 9.54. The van der Waals surface area contributed by atoms with E-state index in [1.807, 2.05) is 30.3 Å². The molecular formula is C14H13F3N2S. The van der Waals surface area contributed by atoms with E-state index in [1.54, 1.807) is 18.2 Å². The molecule has 0 aliphatic carbocycles. The van der Waals surface area contributed by atoms with E-state index < -0.39 is 5.51 Å². The van der Waals surface area contributed by atoms with E-state index in [-0.39, 0.29) is 16.7 Å².